The van der Waals surface area contributed by atoms with Crippen molar-refractivity contribution < 1.29 is 18.4 Å². The Labute approximate surface area is 134 Å². The van der Waals surface area contributed by atoms with Gasteiger partial charge < -0.3 is 10.0 Å². The summed E-state index contributed by atoms with van der Waals surface area (Å²) in [6.45, 7) is 5.27. The predicted octanol–water partition coefficient (Wildman–Crippen LogP) is 0.595. The van der Waals surface area contributed by atoms with Gasteiger partial charge in [-0.3, -0.25) is 0 Å². The van der Waals surface area contributed by atoms with Crippen LogP contribution in [0.25, 0.3) is 0 Å². The van der Waals surface area contributed by atoms with E-state index in [0.29, 0.717) is 31.8 Å². The van der Waals surface area contributed by atoms with Gasteiger partial charge in [0.05, 0.1) is 31.9 Å². The van der Waals surface area contributed by atoms with Gasteiger partial charge in [0.2, 0.25) is 10.0 Å². The van der Waals surface area contributed by atoms with E-state index in [0.717, 1.165) is 23.1 Å². The Hall–Kier alpha value is -0.630. The Bertz CT molecular complexity index is 584. The van der Waals surface area contributed by atoms with Crippen molar-refractivity contribution in [1.82, 2.24) is 4.31 Å². The lowest BCUT2D eigenvalue weighted by atomic mass is 10.2. The van der Waals surface area contributed by atoms with Crippen molar-refractivity contribution in [3.8, 4) is 5.75 Å². The fourth-order valence-corrected chi connectivity index (χ4v) is 4.53. The van der Waals surface area contributed by atoms with E-state index in [4.69, 9.17) is 0 Å². The molecule has 1 fully saturated rings. The van der Waals surface area contributed by atoms with E-state index < -0.39 is 10.0 Å². The number of aromatic hydroxyl groups is 1. The van der Waals surface area contributed by atoms with Crippen LogP contribution in [-0.4, -0.2) is 49.8 Å². The standard InChI is InChI=1S/C14H21BrN2O3S/c1-2-9-21(19,20)17-7-5-16(6-8-17)11-12-10-13(15)3-4-14(12)18/h3-4,10,18H,2,5-9,11H2,1H3/p+1. The fraction of sp³-hybridized carbons (Fsp3) is 0.571. The normalized spacial score (nSPS) is 18.0. The molecule has 118 valence electrons. The van der Waals surface area contributed by atoms with Crippen LogP contribution < -0.4 is 4.90 Å². The summed E-state index contributed by atoms with van der Waals surface area (Å²) in [6, 6.07) is 5.41. The second kappa shape index (κ2) is 7.09. The summed E-state index contributed by atoms with van der Waals surface area (Å²) in [5.41, 5.74) is 0.893. The van der Waals surface area contributed by atoms with Crippen molar-refractivity contribution in [3.05, 3.63) is 28.2 Å². The number of hydrogen-bond acceptors (Lipinski definition) is 3. The maximum Gasteiger partial charge on any atom is 0.214 e. The molecule has 1 heterocycles. The summed E-state index contributed by atoms with van der Waals surface area (Å²) in [6.07, 6.45) is 0.654. The minimum absolute atomic E-state index is 0.231. The third-order valence-corrected chi connectivity index (χ3v) is 6.34. The first-order chi connectivity index (χ1) is 9.92. The first kappa shape index (κ1) is 16.7. The molecule has 0 aromatic heterocycles. The van der Waals surface area contributed by atoms with Gasteiger partial charge in [0.15, 0.2) is 0 Å². The lowest BCUT2D eigenvalue weighted by Gasteiger charge is -2.31. The van der Waals surface area contributed by atoms with Gasteiger partial charge >= 0.3 is 0 Å². The Morgan fingerprint density at radius 3 is 2.62 bits per heavy atom. The molecule has 1 aromatic carbocycles. The smallest absolute Gasteiger partial charge is 0.214 e. The van der Waals surface area contributed by atoms with E-state index in [-0.39, 0.29) is 5.75 Å². The first-order valence-corrected chi connectivity index (χ1v) is 9.61. The highest BCUT2D eigenvalue weighted by Crippen LogP contribution is 2.21. The molecule has 0 amide bonds. The SMILES string of the molecule is CCCS(=O)(=O)N1CC[NH+](Cc2cc(Br)ccc2O)CC1. The van der Waals surface area contributed by atoms with Crippen LogP contribution >= 0.6 is 15.9 Å². The molecule has 0 aliphatic carbocycles. The van der Waals surface area contributed by atoms with E-state index in [2.05, 4.69) is 15.9 Å². The van der Waals surface area contributed by atoms with E-state index in [9.17, 15) is 13.5 Å². The van der Waals surface area contributed by atoms with Gasteiger partial charge in [-0.15, -0.1) is 0 Å². The van der Waals surface area contributed by atoms with Crippen LogP contribution in [0.15, 0.2) is 22.7 Å². The highest BCUT2D eigenvalue weighted by molar-refractivity contribution is 9.10. The largest absolute Gasteiger partial charge is 0.507 e. The number of hydrogen-bond donors (Lipinski definition) is 2. The highest BCUT2D eigenvalue weighted by Gasteiger charge is 2.28. The van der Waals surface area contributed by atoms with E-state index in [1.807, 2.05) is 19.1 Å². The molecule has 1 aromatic rings. The number of nitrogens with zero attached hydrogens (tertiary/aromatic N) is 1. The Morgan fingerprint density at radius 1 is 1.33 bits per heavy atom. The minimum atomic E-state index is -3.08. The molecule has 0 bridgehead atoms. The van der Waals surface area contributed by atoms with Crippen molar-refractivity contribution in [2.24, 2.45) is 0 Å². The van der Waals surface area contributed by atoms with Gasteiger partial charge in [0.25, 0.3) is 0 Å². The van der Waals surface area contributed by atoms with Gasteiger partial charge in [0, 0.05) is 10.0 Å². The molecular formula is C14H22BrN2O3S+. The van der Waals surface area contributed by atoms with Crippen molar-refractivity contribution in [2.45, 2.75) is 19.9 Å². The summed E-state index contributed by atoms with van der Waals surface area (Å²) >= 11 is 3.41. The second-order valence-corrected chi connectivity index (χ2v) is 8.42. The minimum Gasteiger partial charge on any atom is -0.507 e. The van der Waals surface area contributed by atoms with Gasteiger partial charge in [-0.25, -0.2) is 8.42 Å². The topological polar surface area (TPSA) is 62.0 Å². The molecule has 0 unspecified atom stereocenters. The average molecular weight is 378 g/mol. The van der Waals surface area contributed by atoms with Gasteiger partial charge in [-0.05, 0) is 24.6 Å². The number of piperazine rings is 1. The van der Waals surface area contributed by atoms with Crippen LogP contribution in [0.1, 0.15) is 18.9 Å². The lowest BCUT2D eigenvalue weighted by molar-refractivity contribution is -0.917. The van der Waals surface area contributed by atoms with Crippen LogP contribution in [0, 0.1) is 0 Å². The highest BCUT2D eigenvalue weighted by atomic mass is 79.9. The molecule has 7 heteroatoms. The molecule has 2 N–H and O–H groups in total. The molecule has 1 aliphatic rings. The Morgan fingerprint density at radius 2 is 2.00 bits per heavy atom. The van der Waals surface area contributed by atoms with Gasteiger partial charge in [0.1, 0.15) is 12.3 Å². The van der Waals surface area contributed by atoms with E-state index in [1.54, 1.807) is 10.4 Å². The maximum absolute atomic E-state index is 12.0. The monoisotopic (exact) mass is 377 g/mol. The van der Waals surface area contributed by atoms with Crippen molar-refractivity contribution in [2.75, 3.05) is 31.9 Å². The number of sulfonamides is 1. The molecule has 0 spiro atoms. The fourth-order valence-electron chi connectivity index (χ4n) is 2.61. The lowest BCUT2D eigenvalue weighted by Crippen LogP contribution is -3.13. The average Bonchev–Trinajstić information content (AvgIpc) is 2.43. The molecule has 0 saturated carbocycles. The molecule has 5 nitrogen and oxygen atoms in total. The molecule has 1 saturated heterocycles. The summed E-state index contributed by atoms with van der Waals surface area (Å²) in [4.78, 5) is 1.30. The Kier molecular flexibility index (Phi) is 5.65. The molecule has 0 radical (unpaired) electrons. The molecule has 1 aliphatic heterocycles. The number of phenolic OH excluding ortho intramolecular Hbond substituents is 1. The molecule has 21 heavy (non-hydrogen) atoms. The quantitative estimate of drug-likeness (QED) is 0.789. The maximum atomic E-state index is 12.0. The predicted molar refractivity (Wildman–Crippen MR) is 85.9 cm³/mol. The van der Waals surface area contributed by atoms with E-state index in [1.165, 1.54) is 4.90 Å². The van der Waals surface area contributed by atoms with Crippen molar-refractivity contribution in [1.29, 1.82) is 0 Å². The zero-order chi connectivity index (χ0) is 15.5. The zero-order valence-electron chi connectivity index (χ0n) is 12.2. The van der Waals surface area contributed by atoms with E-state index >= 15 is 0 Å². The van der Waals surface area contributed by atoms with Crippen LogP contribution in [0.2, 0.25) is 0 Å². The molecule has 0 atom stereocenters. The van der Waals surface area contributed by atoms with Crippen molar-refractivity contribution in [3.63, 3.8) is 0 Å². The van der Waals surface area contributed by atoms with Crippen LogP contribution in [0.3, 0.4) is 0 Å². The van der Waals surface area contributed by atoms with Crippen molar-refractivity contribution >= 4 is 26.0 Å². The zero-order valence-corrected chi connectivity index (χ0v) is 14.6. The van der Waals surface area contributed by atoms with Crippen LogP contribution in [0.4, 0.5) is 0 Å². The number of nitrogens with one attached hydrogen (secondary N) is 1. The number of rotatable bonds is 5. The van der Waals surface area contributed by atoms with Crippen LogP contribution in [0.5, 0.6) is 5.75 Å². The third kappa shape index (κ3) is 4.42. The number of quaternary nitrogens is 1. The second-order valence-electron chi connectivity index (χ2n) is 5.41. The molecule has 2 rings (SSSR count). The number of phenols is 1. The number of halogens is 1. The summed E-state index contributed by atoms with van der Waals surface area (Å²) < 4.78 is 26.6. The summed E-state index contributed by atoms with van der Waals surface area (Å²) in [7, 11) is -3.08. The molecular weight excluding hydrogens is 356 g/mol. The summed E-state index contributed by atoms with van der Waals surface area (Å²) in [5.74, 6) is 0.529. The van der Waals surface area contributed by atoms with Crippen LogP contribution in [-0.2, 0) is 16.6 Å². The van der Waals surface area contributed by atoms with Gasteiger partial charge in [-0.2, -0.15) is 4.31 Å². The first-order valence-electron chi connectivity index (χ1n) is 7.21. The van der Waals surface area contributed by atoms with Gasteiger partial charge in [-0.1, -0.05) is 22.9 Å². The number of benzene rings is 1. The summed E-state index contributed by atoms with van der Waals surface area (Å²) in [5, 5.41) is 9.88. The Balaban J connectivity index is 1.94. The third-order valence-electron chi connectivity index (χ3n) is 3.77.